The van der Waals surface area contributed by atoms with Gasteiger partial charge in [-0.25, -0.2) is 13.2 Å². The van der Waals surface area contributed by atoms with E-state index < -0.39 is 23.1 Å². The molecule has 1 aromatic carbocycles. The summed E-state index contributed by atoms with van der Waals surface area (Å²) >= 11 is 0. The molecule has 0 aliphatic carbocycles. The fourth-order valence-corrected chi connectivity index (χ4v) is 1.20. The minimum atomic E-state index is -1.18. The lowest BCUT2D eigenvalue weighted by atomic mass is 10.3. The van der Waals surface area contributed by atoms with E-state index >= 15 is 0 Å². The zero-order valence-corrected chi connectivity index (χ0v) is 8.78. The molecule has 94 valence electrons. The van der Waals surface area contributed by atoms with Gasteiger partial charge in [0.2, 0.25) is 0 Å². The molecule has 0 unspecified atom stereocenters. The van der Waals surface area contributed by atoms with Crippen molar-refractivity contribution in [3.63, 3.8) is 0 Å². The summed E-state index contributed by atoms with van der Waals surface area (Å²) in [6.07, 6.45) is 0. The molecule has 9 heteroatoms. The summed E-state index contributed by atoms with van der Waals surface area (Å²) in [5.41, 5.74) is 10.0. The first kappa shape index (κ1) is 11.9. The molecule has 0 radical (unpaired) electrons. The van der Waals surface area contributed by atoms with Crippen LogP contribution in [-0.2, 0) is 0 Å². The van der Waals surface area contributed by atoms with Gasteiger partial charge in [-0.2, -0.15) is 5.10 Å². The van der Waals surface area contributed by atoms with Gasteiger partial charge in [-0.3, -0.25) is 5.10 Å². The Labute approximate surface area is 98.5 Å². The van der Waals surface area contributed by atoms with E-state index in [0.717, 1.165) is 0 Å². The zero-order chi connectivity index (χ0) is 13.3. The lowest BCUT2D eigenvalue weighted by molar-refractivity contribution is 0.545. The second kappa shape index (κ2) is 4.35. The van der Waals surface area contributed by atoms with Crippen molar-refractivity contribution in [3.05, 3.63) is 29.6 Å². The molecule has 2 aromatic rings. The van der Waals surface area contributed by atoms with Crippen LogP contribution in [0.1, 0.15) is 0 Å². The second-order valence-electron chi connectivity index (χ2n) is 3.29. The quantitative estimate of drug-likeness (QED) is 0.718. The molecule has 0 saturated carbocycles. The van der Waals surface area contributed by atoms with Crippen LogP contribution in [0, 0.1) is 17.5 Å². The lowest BCUT2D eigenvalue weighted by Crippen LogP contribution is -1.87. The van der Waals surface area contributed by atoms with E-state index in [9.17, 15) is 13.2 Å². The van der Waals surface area contributed by atoms with Crippen molar-refractivity contribution < 1.29 is 13.2 Å². The number of aromatic amines is 1. The maximum atomic E-state index is 13.2. The molecular formula is C9H7F3N6. The number of anilines is 2. The third kappa shape index (κ3) is 2.10. The third-order valence-electron chi connectivity index (χ3n) is 2.03. The first-order valence-electron chi connectivity index (χ1n) is 4.64. The number of benzene rings is 1. The molecule has 0 saturated heterocycles. The average molecular weight is 256 g/mol. The highest BCUT2D eigenvalue weighted by Gasteiger charge is 2.12. The van der Waals surface area contributed by atoms with Crippen molar-refractivity contribution in [2.75, 3.05) is 11.5 Å². The summed E-state index contributed by atoms with van der Waals surface area (Å²) in [5.74, 6) is -3.49. The maximum Gasteiger partial charge on any atom is 0.175 e. The maximum absolute atomic E-state index is 13.2. The van der Waals surface area contributed by atoms with Crippen molar-refractivity contribution in [1.29, 1.82) is 0 Å². The molecule has 0 aliphatic heterocycles. The molecular weight excluding hydrogens is 249 g/mol. The fraction of sp³-hybridized carbons (Fsp3) is 0. The van der Waals surface area contributed by atoms with Crippen molar-refractivity contribution in [3.8, 4) is 0 Å². The van der Waals surface area contributed by atoms with Gasteiger partial charge in [0.25, 0.3) is 0 Å². The van der Waals surface area contributed by atoms with E-state index in [2.05, 4.69) is 20.4 Å². The van der Waals surface area contributed by atoms with Gasteiger partial charge in [-0.15, -0.1) is 10.2 Å². The molecule has 1 heterocycles. The normalized spacial score (nSPS) is 11.3. The summed E-state index contributed by atoms with van der Waals surface area (Å²) in [6, 6.07) is 0.971. The number of aromatic nitrogens is 2. The number of rotatable bonds is 2. The van der Waals surface area contributed by atoms with Crippen LogP contribution in [-0.4, -0.2) is 10.2 Å². The average Bonchev–Trinajstić information content (AvgIpc) is 2.58. The summed E-state index contributed by atoms with van der Waals surface area (Å²) in [6.45, 7) is 0. The zero-order valence-electron chi connectivity index (χ0n) is 8.78. The van der Waals surface area contributed by atoms with Crippen LogP contribution < -0.4 is 11.5 Å². The number of H-pyrrole nitrogens is 1. The Morgan fingerprint density at radius 3 is 2.06 bits per heavy atom. The summed E-state index contributed by atoms with van der Waals surface area (Å²) in [7, 11) is 0. The highest BCUT2D eigenvalue weighted by atomic mass is 19.1. The highest BCUT2D eigenvalue weighted by Crippen LogP contribution is 2.30. The summed E-state index contributed by atoms with van der Waals surface area (Å²) < 4.78 is 39.1. The minimum Gasteiger partial charge on any atom is -0.382 e. The molecule has 0 bridgehead atoms. The van der Waals surface area contributed by atoms with Crippen LogP contribution in [0.3, 0.4) is 0 Å². The molecule has 18 heavy (non-hydrogen) atoms. The number of nitrogen functional groups attached to an aromatic ring is 2. The van der Waals surface area contributed by atoms with Gasteiger partial charge in [0, 0.05) is 12.1 Å². The van der Waals surface area contributed by atoms with Gasteiger partial charge in [-0.1, -0.05) is 0 Å². The predicted molar refractivity (Wildman–Crippen MR) is 57.9 cm³/mol. The Morgan fingerprint density at radius 1 is 1.00 bits per heavy atom. The van der Waals surface area contributed by atoms with Crippen molar-refractivity contribution in [2.45, 2.75) is 0 Å². The largest absolute Gasteiger partial charge is 0.382 e. The van der Waals surface area contributed by atoms with Crippen LogP contribution in [0.2, 0.25) is 0 Å². The standard InChI is InChI=1S/C9H7F3N6/c10-3-1-4(11)6(5(12)2-3)15-16-7-8(13)17-18-9(7)14/h1-2H,(H5,13,14,17,18). The second-order valence-corrected chi connectivity index (χ2v) is 3.29. The van der Waals surface area contributed by atoms with E-state index in [0.29, 0.717) is 12.1 Å². The molecule has 0 spiro atoms. The van der Waals surface area contributed by atoms with Gasteiger partial charge in [0.05, 0.1) is 0 Å². The van der Waals surface area contributed by atoms with Crippen LogP contribution >= 0.6 is 0 Å². The number of halogens is 3. The van der Waals surface area contributed by atoms with Crippen molar-refractivity contribution in [1.82, 2.24) is 10.2 Å². The van der Waals surface area contributed by atoms with Crippen molar-refractivity contribution >= 4 is 23.0 Å². The molecule has 0 aliphatic rings. The molecule has 0 atom stereocenters. The smallest absolute Gasteiger partial charge is 0.175 e. The van der Waals surface area contributed by atoms with Gasteiger partial charge < -0.3 is 11.5 Å². The number of hydrogen-bond donors (Lipinski definition) is 3. The highest BCUT2D eigenvalue weighted by molar-refractivity contribution is 5.70. The third-order valence-corrected chi connectivity index (χ3v) is 2.03. The molecule has 2 rings (SSSR count). The number of nitrogens with zero attached hydrogens (tertiary/aromatic N) is 3. The Kier molecular flexibility index (Phi) is 2.88. The fourth-order valence-electron chi connectivity index (χ4n) is 1.20. The van der Waals surface area contributed by atoms with E-state index in [1.54, 1.807) is 0 Å². The van der Waals surface area contributed by atoms with Gasteiger partial charge >= 0.3 is 0 Å². The lowest BCUT2D eigenvalue weighted by Gasteiger charge is -1.98. The first-order chi connectivity index (χ1) is 8.49. The van der Waals surface area contributed by atoms with Gasteiger partial charge in [0.15, 0.2) is 28.8 Å². The summed E-state index contributed by atoms with van der Waals surface area (Å²) in [5, 5.41) is 12.6. The van der Waals surface area contributed by atoms with Gasteiger partial charge in [0.1, 0.15) is 11.6 Å². The Hall–Kier alpha value is -2.58. The number of nitrogens with one attached hydrogen (secondary N) is 1. The SMILES string of the molecule is Nc1n[nH]c(N)c1N=Nc1c(F)cc(F)cc1F. The Morgan fingerprint density at radius 2 is 1.56 bits per heavy atom. The Balaban J connectivity index is 2.41. The van der Waals surface area contributed by atoms with Crippen LogP contribution in [0.15, 0.2) is 22.4 Å². The van der Waals surface area contributed by atoms with Crippen LogP contribution in [0.25, 0.3) is 0 Å². The summed E-state index contributed by atoms with van der Waals surface area (Å²) in [4.78, 5) is 0. The van der Waals surface area contributed by atoms with Gasteiger partial charge in [-0.05, 0) is 0 Å². The van der Waals surface area contributed by atoms with Crippen molar-refractivity contribution in [2.24, 2.45) is 10.2 Å². The van der Waals surface area contributed by atoms with E-state index in [1.807, 2.05) is 0 Å². The van der Waals surface area contributed by atoms with E-state index in [1.165, 1.54) is 0 Å². The van der Waals surface area contributed by atoms with Crippen LogP contribution in [0.5, 0.6) is 0 Å². The molecule has 5 N–H and O–H groups in total. The number of azo groups is 1. The topological polar surface area (TPSA) is 105 Å². The Bertz CT molecular complexity index is 578. The molecule has 6 nitrogen and oxygen atoms in total. The number of nitrogens with two attached hydrogens (primary N) is 2. The first-order valence-corrected chi connectivity index (χ1v) is 4.64. The number of hydrogen-bond acceptors (Lipinski definition) is 5. The van der Waals surface area contributed by atoms with E-state index in [4.69, 9.17) is 11.5 Å². The minimum absolute atomic E-state index is 0.000761. The van der Waals surface area contributed by atoms with Crippen LogP contribution in [0.4, 0.5) is 36.2 Å². The molecule has 0 amide bonds. The monoisotopic (exact) mass is 256 g/mol. The van der Waals surface area contributed by atoms with E-state index in [-0.39, 0.29) is 17.3 Å². The predicted octanol–water partition coefficient (Wildman–Crippen LogP) is 2.41. The molecule has 1 aromatic heterocycles. The molecule has 0 fully saturated rings.